The van der Waals surface area contributed by atoms with Crippen molar-refractivity contribution >= 4 is 5.95 Å². The number of nitrogens with one attached hydrogen (secondary N) is 1. The number of nitrogens with zero attached hydrogens (tertiary/aromatic N) is 4. The molecule has 2 atom stereocenters. The fourth-order valence-electron chi connectivity index (χ4n) is 2.04. The second-order valence-corrected chi connectivity index (χ2v) is 4.62. The van der Waals surface area contributed by atoms with Gasteiger partial charge in [-0.3, -0.25) is 0 Å². The van der Waals surface area contributed by atoms with E-state index in [1.807, 2.05) is 6.92 Å². The maximum Gasteiger partial charge on any atom is 0.227 e. The van der Waals surface area contributed by atoms with Crippen LogP contribution in [0, 0.1) is 18.3 Å². The zero-order valence-corrected chi connectivity index (χ0v) is 10.4. The van der Waals surface area contributed by atoms with E-state index in [2.05, 4.69) is 40.1 Å². The van der Waals surface area contributed by atoms with Gasteiger partial charge in [0.2, 0.25) is 5.95 Å². The van der Waals surface area contributed by atoms with E-state index >= 15 is 0 Å². The van der Waals surface area contributed by atoms with Crippen molar-refractivity contribution in [3.05, 3.63) is 17.5 Å². The Morgan fingerprint density at radius 3 is 2.94 bits per heavy atom. The summed E-state index contributed by atoms with van der Waals surface area (Å²) in [6.07, 6.45) is 0. The minimum Gasteiger partial charge on any atom is -0.335 e. The Hall–Kier alpha value is -1.67. The van der Waals surface area contributed by atoms with Gasteiger partial charge in [-0.2, -0.15) is 5.26 Å². The van der Waals surface area contributed by atoms with E-state index < -0.39 is 0 Å². The normalized spacial score (nSPS) is 24.5. The van der Waals surface area contributed by atoms with E-state index in [-0.39, 0.29) is 0 Å². The van der Waals surface area contributed by atoms with Gasteiger partial charge in [-0.25, -0.2) is 9.97 Å². The van der Waals surface area contributed by atoms with Crippen LogP contribution in [-0.2, 0) is 0 Å². The number of anilines is 1. The molecule has 17 heavy (non-hydrogen) atoms. The molecule has 0 radical (unpaired) electrons. The van der Waals surface area contributed by atoms with Gasteiger partial charge in [0.05, 0.1) is 0 Å². The maximum atomic E-state index is 8.93. The molecule has 1 aliphatic heterocycles. The van der Waals surface area contributed by atoms with E-state index in [1.54, 1.807) is 6.07 Å². The molecule has 2 heterocycles. The lowest BCUT2D eigenvalue weighted by Crippen LogP contribution is -2.55. The molecule has 1 saturated heterocycles. The second-order valence-electron chi connectivity index (χ2n) is 4.62. The number of aromatic nitrogens is 2. The fourth-order valence-corrected chi connectivity index (χ4v) is 2.04. The summed E-state index contributed by atoms with van der Waals surface area (Å²) in [4.78, 5) is 10.9. The van der Waals surface area contributed by atoms with Gasteiger partial charge in [0.1, 0.15) is 11.8 Å². The quantitative estimate of drug-likeness (QED) is 0.776. The number of nitriles is 1. The highest BCUT2D eigenvalue weighted by molar-refractivity contribution is 5.38. The molecule has 5 nitrogen and oxygen atoms in total. The summed E-state index contributed by atoms with van der Waals surface area (Å²) < 4.78 is 0. The lowest BCUT2D eigenvalue weighted by molar-refractivity contribution is 0.419. The Balaban J connectivity index is 2.32. The number of hydrogen-bond acceptors (Lipinski definition) is 5. The molecular formula is C12H17N5. The first-order chi connectivity index (χ1) is 8.10. The van der Waals surface area contributed by atoms with Crippen LogP contribution in [0.2, 0.25) is 0 Å². The molecule has 2 unspecified atom stereocenters. The number of piperazine rings is 1. The van der Waals surface area contributed by atoms with E-state index in [0.29, 0.717) is 23.7 Å². The Morgan fingerprint density at radius 1 is 1.47 bits per heavy atom. The van der Waals surface area contributed by atoms with E-state index in [0.717, 1.165) is 18.8 Å². The van der Waals surface area contributed by atoms with Crippen LogP contribution in [0.25, 0.3) is 0 Å². The summed E-state index contributed by atoms with van der Waals surface area (Å²) >= 11 is 0. The highest BCUT2D eigenvalue weighted by Gasteiger charge is 2.24. The molecular weight excluding hydrogens is 214 g/mol. The summed E-state index contributed by atoms with van der Waals surface area (Å²) in [6, 6.07) is 4.55. The molecule has 1 aromatic rings. The molecule has 1 aromatic heterocycles. The Morgan fingerprint density at radius 2 is 2.24 bits per heavy atom. The van der Waals surface area contributed by atoms with Crippen molar-refractivity contribution in [2.45, 2.75) is 32.9 Å². The van der Waals surface area contributed by atoms with Crippen LogP contribution in [0.5, 0.6) is 0 Å². The smallest absolute Gasteiger partial charge is 0.227 e. The lowest BCUT2D eigenvalue weighted by atomic mass is 10.1. The van der Waals surface area contributed by atoms with E-state index in [9.17, 15) is 0 Å². The van der Waals surface area contributed by atoms with Crippen molar-refractivity contribution in [1.82, 2.24) is 15.3 Å². The Labute approximate surface area is 101 Å². The number of hydrogen-bond donors (Lipinski definition) is 1. The van der Waals surface area contributed by atoms with Gasteiger partial charge < -0.3 is 10.2 Å². The van der Waals surface area contributed by atoms with E-state index in [4.69, 9.17) is 5.26 Å². The van der Waals surface area contributed by atoms with Gasteiger partial charge in [0.25, 0.3) is 0 Å². The summed E-state index contributed by atoms with van der Waals surface area (Å²) in [7, 11) is 0. The zero-order chi connectivity index (χ0) is 12.4. The van der Waals surface area contributed by atoms with Crippen molar-refractivity contribution < 1.29 is 0 Å². The zero-order valence-electron chi connectivity index (χ0n) is 10.4. The minimum atomic E-state index is 0.347. The van der Waals surface area contributed by atoms with Gasteiger partial charge >= 0.3 is 0 Å². The van der Waals surface area contributed by atoms with Gasteiger partial charge in [-0.15, -0.1) is 0 Å². The molecule has 2 rings (SSSR count). The topological polar surface area (TPSA) is 64.8 Å². The molecule has 0 saturated carbocycles. The van der Waals surface area contributed by atoms with Crippen molar-refractivity contribution in [2.75, 3.05) is 18.0 Å². The van der Waals surface area contributed by atoms with Crippen LogP contribution in [0.4, 0.5) is 5.95 Å². The number of aryl methyl sites for hydroxylation is 1. The average Bonchev–Trinajstić information content (AvgIpc) is 2.31. The average molecular weight is 231 g/mol. The van der Waals surface area contributed by atoms with Crippen molar-refractivity contribution in [3.8, 4) is 6.07 Å². The molecule has 5 heteroatoms. The van der Waals surface area contributed by atoms with Crippen LogP contribution >= 0.6 is 0 Å². The first-order valence-corrected chi connectivity index (χ1v) is 5.86. The first kappa shape index (κ1) is 11.8. The predicted molar refractivity (Wildman–Crippen MR) is 65.8 cm³/mol. The summed E-state index contributed by atoms with van der Waals surface area (Å²) in [5.74, 6) is 0.669. The van der Waals surface area contributed by atoms with Crippen LogP contribution in [0.15, 0.2) is 6.07 Å². The summed E-state index contributed by atoms with van der Waals surface area (Å²) in [5.41, 5.74) is 1.27. The molecule has 0 amide bonds. The van der Waals surface area contributed by atoms with Gasteiger partial charge in [-0.1, -0.05) is 0 Å². The van der Waals surface area contributed by atoms with Crippen LogP contribution in [0.3, 0.4) is 0 Å². The van der Waals surface area contributed by atoms with E-state index in [1.165, 1.54) is 0 Å². The monoisotopic (exact) mass is 231 g/mol. The first-order valence-electron chi connectivity index (χ1n) is 5.86. The Kier molecular flexibility index (Phi) is 3.25. The molecule has 0 bridgehead atoms. The van der Waals surface area contributed by atoms with Gasteiger partial charge in [0.15, 0.2) is 0 Å². The molecule has 0 aliphatic carbocycles. The lowest BCUT2D eigenvalue weighted by Gasteiger charge is -2.37. The highest BCUT2D eigenvalue weighted by atomic mass is 15.3. The molecule has 1 aliphatic rings. The third kappa shape index (κ3) is 2.53. The Bertz CT molecular complexity index is 451. The molecule has 0 aromatic carbocycles. The van der Waals surface area contributed by atoms with Crippen molar-refractivity contribution in [2.24, 2.45) is 0 Å². The second kappa shape index (κ2) is 4.68. The largest absolute Gasteiger partial charge is 0.335 e. The molecule has 1 N–H and O–H groups in total. The van der Waals surface area contributed by atoms with Crippen LogP contribution < -0.4 is 10.2 Å². The third-order valence-corrected chi connectivity index (χ3v) is 2.98. The maximum absolute atomic E-state index is 8.93. The van der Waals surface area contributed by atoms with Crippen molar-refractivity contribution in [1.29, 1.82) is 5.26 Å². The van der Waals surface area contributed by atoms with Crippen LogP contribution in [-0.4, -0.2) is 35.1 Å². The molecule has 90 valence electrons. The summed E-state index contributed by atoms with van der Waals surface area (Å²) in [5, 5.41) is 12.3. The predicted octanol–water partition coefficient (Wildman–Crippen LogP) is 0.843. The SMILES string of the molecule is Cc1cc(C#N)nc(N2CC(C)NCC2C)n1. The number of rotatable bonds is 1. The third-order valence-electron chi connectivity index (χ3n) is 2.98. The van der Waals surface area contributed by atoms with Crippen molar-refractivity contribution in [3.63, 3.8) is 0 Å². The fraction of sp³-hybridized carbons (Fsp3) is 0.583. The van der Waals surface area contributed by atoms with Gasteiger partial charge in [-0.05, 0) is 26.8 Å². The highest BCUT2D eigenvalue weighted by Crippen LogP contribution is 2.16. The molecule has 0 spiro atoms. The van der Waals surface area contributed by atoms with Crippen LogP contribution in [0.1, 0.15) is 25.2 Å². The summed E-state index contributed by atoms with van der Waals surface area (Å²) in [6.45, 7) is 7.95. The van der Waals surface area contributed by atoms with Gasteiger partial charge in [0, 0.05) is 30.9 Å². The molecule has 1 fully saturated rings. The standard InChI is InChI=1S/C12H17N5/c1-8-4-11(5-13)16-12(15-8)17-7-9(2)14-6-10(17)3/h4,9-10,14H,6-7H2,1-3H3. The minimum absolute atomic E-state index is 0.347.